The molecule has 0 radical (unpaired) electrons. The Morgan fingerprint density at radius 2 is 1.43 bits per heavy atom. The Morgan fingerprint density at radius 1 is 0.886 bits per heavy atom. The summed E-state index contributed by atoms with van der Waals surface area (Å²) in [6.07, 6.45) is 10.9. The lowest BCUT2D eigenvalue weighted by molar-refractivity contribution is 0.0741. The highest BCUT2D eigenvalue weighted by Gasteiger charge is 2.45. The molecular weight excluding hydrogens is 471 g/mol. The summed E-state index contributed by atoms with van der Waals surface area (Å²) < 4.78 is 14.6. The molecule has 190 valence electrons. The summed E-state index contributed by atoms with van der Waals surface area (Å²) >= 11 is 5.98. The van der Waals surface area contributed by atoms with Crippen molar-refractivity contribution in [2.45, 2.75) is 84.6 Å². The van der Waals surface area contributed by atoms with E-state index in [1.54, 1.807) is 0 Å². The average molecular weight is 514 g/mol. The number of ether oxygens (including phenoxy) is 2. The zero-order chi connectivity index (χ0) is 25.9. The molecule has 0 aliphatic heterocycles. The Bertz CT molecular complexity index is 991. The van der Waals surface area contributed by atoms with Gasteiger partial charge in [0.1, 0.15) is 17.1 Å². The fourth-order valence-corrected chi connectivity index (χ4v) is 5.85. The van der Waals surface area contributed by atoms with E-state index >= 15 is 0 Å². The van der Waals surface area contributed by atoms with Gasteiger partial charge in [-0.1, -0.05) is 51.5 Å². The predicted octanol–water partition coefficient (Wildman–Crippen LogP) is 8.79. The van der Waals surface area contributed by atoms with Crippen LogP contribution in [0.5, 0.6) is 11.5 Å². The number of hydrogen-bond acceptors (Lipinski definition) is 4. The number of hydrazone groups is 1. The third-order valence-electron chi connectivity index (χ3n) is 6.10. The second kappa shape index (κ2) is 13.8. The summed E-state index contributed by atoms with van der Waals surface area (Å²) in [7, 11) is 1.94. The van der Waals surface area contributed by atoms with Gasteiger partial charge >= 0.3 is 6.85 Å². The molecule has 2 rings (SSSR count). The van der Waals surface area contributed by atoms with Gasteiger partial charge < -0.3 is 9.47 Å². The van der Waals surface area contributed by atoms with Crippen LogP contribution in [0.3, 0.4) is 0 Å². The minimum Gasteiger partial charge on any atom is -0.488 e. The molecule has 0 N–H and O–H groups in total. The minimum atomic E-state index is -1.10. The fraction of sp³-hybridized carbons (Fsp3) is 0.483. The van der Waals surface area contributed by atoms with Gasteiger partial charge in [-0.25, -0.2) is 0 Å². The second-order valence-electron chi connectivity index (χ2n) is 9.33. The van der Waals surface area contributed by atoms with Crippen molar-refractivity contribution in [2.75, 3.05) is 7.05 Å². The quantitative estimate of drug-likeness (QED) is 0.144. The largest absolute Gasteiger partial charge is 0.488 e. The molecule has 2 aromatic carbocycles. The van der Waals surface area contributed by atoms with Gasteiger partial charge in [0.15, 0.2) is 11.8 Å². The van der Waals surface area contributed by atoms with Gasteiger partial charge in [-0.05, 0) is 80.6 Å². The number of allylic oxidation sites excluding steroid dienone is 1. The molecule has 0 spiro atoms. The van der Waals surface area contributed by atoms with Crippen molar-refractivity contribution in [3.05, 3.63) is 65.7 Å². The molecule has 0 saturated carbocycles. The highest BCUT2D eigenvalue weighted by Crippen LogP contribution is 2.46. The van der Waals surface area contributed by atoms with Crippen LogP contribution in [-0.4, -0.2) is 29.0 Å². The van der Waals surface area contributed by atoms with Crippen molar-refractivity contribution in [1.82, 2.24) is 4.78 Å². The highest BCUT2D eigenvalue weighted by molar-refractivity contribution is 8.04. The van der Waals surface area contributed by atoms with Crippen LogP contribution in [0.25, 0.3) is 6.08 Å². The van der Waals surface area contributed by atoms with Gasteiger partial charge in [0.05, 0.1) is 13.3 Å². The van der Waals surface area contributed by atoms with E-state index in [0.29, 0.717) is 0 Å². The SMILES string of the molecule is CC=Cc1ccc(OC(C)(CCC)[P+](=S)N(C)N=Cc2ccc(OC(C)(CC)CCC)cc2)cc1. The number of benzene rings is 2. The van der Waals surface area contributed by atoms with Crippen molar-refractivity contribution in [1.29, 1.82) is 0 Å². The maximum absolute atomic E-state index is 6.47. The van der Waals surface area contributed by atoms with Gasteiger partial charge in [-0.15, -0.1) is 9.88 Å². The summed E-state index contributed by atoms with van der Waals surface area (Å²) in [6, 6.07) is 16.3. The van der Waals surface area contributed by atoms with E-state index in [9.17, 15) is 0 Å². The molecule has 0 amide bonds. The van der Waals surface area contributed by atoms with Crippen molar-refractivity contribution < 1.29 is 9.47 Å². The zero-order valence-electron chi connectivity index (χ0n) is 22.5. The maximum Gasteiger partial charge on any atom is 0.358 e. The summed E-state index contributed by atoms with van der Waals surface area (Å²) in [5.74, 6) is 1.73. The smallest absolute Gasteiger partial charge is 0.358 e. The molecule has 0 saturated heterocycles. The van der Waals surface area contributed by atoms with Crippen LogP contribution in [0.1, 0.15) is 84.8 Å². The Morgan fingerprint density at radius 3 is 1.94 bits per heavy atom. The van der Waals surface area contributed by atoms with E-state index in [1.807, 2.05) is 67.4 Å². The molecule has 3 atom stereocenters. The first-order valence-electron chi connectivity index (χ1n) is 12.6. The topological polar surface area (TPSA) is 34.1 Å². The van der Waals surface area contributed by atoms with Crippen LogP contribution in [0.15, 0.2) is 59.7 Å². The van der Waals surface area contributed by atoms with E-state index < -0.39 is 12.2 Å². The van der Waals surface area contributed by atoms with E-state index in [0.717, 1.165) is 54.7 Å². The number of nitrogens with zero attached hydrogens (tertiary/aromatic N) is 2. The van der Waals surface area contributed by atoms with Crippen LogP contribution < -0.4 is 9.47 Å². The molecule has 0 fully saturated rings. The molecule has 0 aliphatic carbocycles. The Balaban J connectivity index is 2.09. The lowest BCUT2D eigenvalue weighted by Crippen LogP contribution is -2.31. The molecule has 0 aliphatic rings. The predicted molar refractivity (Wildman–Crippen MR) is 155 cm³/mol. The van der Waals surface area contributed by atoms with E-state index in [-0.39, 0.29) is 5.60 Å². The highest BCUT2D eigenvalue weighted by atomic mass is 32.4. The van der Waals surface area contributed by atoms with E-state index in [1.165, 1.54) is 0 Å². The summed E-state index contributed by atoms with van der Waals surface area (Å²) in [5, 5.41) is 4.18. The van der Waals surface area contributed by atoms with Crippen molar-refractivity contribution >= 4 is 30.9 Å². The van der Waals surface area contributed by atoms with Crippen LogP contribution >= 0.6 is 6.85 Å². The summed E-state index contributed by atoms with van der Waals surface area (Å²) in [6.45, 7) is 11.7. The van der Waals surface area contributed by atoms with Gasteiger partial charge in [0.25, 0.3) is 5.34 Å². The molecule has 35 heavy (non-hydrogen) atoms. The van der Waals surface area contributed by atoms with Gasteiger partial charge in [0.2, 0.25) is 0 Å². The third-order valence-corrected chi connectivity index (χ3v) is 9.72. The van der Waals surface area contributed by atoms with Crippen molar-refractivity contribution in [3.63, 3.8) is 0 Å². The first kappa shape index (κ1) is 29.0. The Kier molecular flexibility index (Phi) is 11.4. The minimum absolute atomic E-state index is 0.126. The molecule has 0 heterocycles. The van der Waals surface area contributed by atoms with E-state index in [4.69, 9.17) is 21.3 Å². The lowest BCUT2D eigenvalue weighted by atomic mass is 9.97. The van der Waals surface area contributed by atoms with Gasteiger partial charge in [-0.2, -0.15) is 0 Å². The third kappa shape index (κ3) is 8.74. The monoisotopic (exact) mass is 513 g/mol. The Labute approximate surface area is 218 Å². The van der Waals surface area contributed by atoms with Gasteiger partial charge in [0, 0.05) is 13.3 Å². The van der Waals surface area contributed by atoms with Crippen molar-refractivity contribution in [3.8, 4) is 11.5 Å². The molecule has 6 heteroatoms. The summed E-state index contributed by atoms with van der Waals surface area (Å²) in [4.78, 5) is 0. The zero-order valence-corrected chi connectivity index (χ0v) is 24.2. The standard InChI is InChI=1S/C29H42N2O2PS/c1-8-12-24-13-17-27(18-14-24)33-29(6,22-10-3)34(35)31(7)30-23-25-15-19-26(20-16-25)32-28(5,11-4)21-9-2/h8,12-20,23H,9-11,21-22H2,1-7H3/q+1. The van der Waals surface area contributed by atoms with Crippen LogP contribution in [-0.2, 0) is 11.8 Å². The molecule has 3 unspecified atom stereocenters. The summed E-state index contributed by atoms with van der Waals surface area (Å²) in [5.41, 5.74) is 2.04. The first-order chi connectivity index (χ1) is 16.7. The van der Waals surface area contributed by atoms with Crippen LogP contribution in [0.4, 0.5) is 0 Å². The van der Waals surface area contributed by atoms with Gasteiger partial charge in [-0.3, -0.25) is 0 Å². The molecule has 2 aromatic rings. The average Bonchev–Trinajstić information content (AvgIpc) is 2.84. The van der Waals surface area contributed by atoms with E-state index in [2.05, 4.69) is 57.9 Å². The van der Waals surface area contributed by atoms with Crippen LogP contribution in [0, 0.1) is 0 Å². The molecule has 0 bridgehead atoms. The van der Waals surface area contributed by atoms with Crippen molar-refractivity contribution in [2.24, 2.45) is 5.10 Å². The first-order valence-corrected chi connectivity index (χ1v) is 14.9. The maximum atomic E-state index is 6.47. The molecule has 4 nitrogen and oxygen atoms in total. The second-order valence-corrected chi connectivity index (χ2v) is 12.4. The van der Waals surface area contributed by atoms with Crippen LogP contribution in [0.2, 0.25) is 0 Å². The number of hydrogen-bond donors (Lipinski definition) is 0. The molecular formula is C29H42N2O2PS+. The number of rotatable bonds is 14. The molecule has 0 aromatic heterocycles. The lowest BCUT2D eigenvalue weighted by Gasteiger charge is -2.29. The normalized spacial score (nSPS) is 15.6. The fourth-order valence-electron chi connectivity index (χ4n) is 3.98. The Hall–Kier alpha value is -2.23.